The molecule has 17 heavy (non-hydrogen) atoms. The molecule has 0 aromatic heterocycles. The molecule has 0 aliphatic heterocycles. The molecule has 0 atom stereocenters. The van der Waals surface area contributed by atoms with Crippen LogP contribution in [-0.4, -0.2) is 34.4 Å². The maximum absolute atomic E-state index is 8.06. The van der Waals surface area contributed by atoms with Crippen molar-refractivity contribution >= 4 is 0 Å². The van der Waals surface area contributed by atoms with Gasteiger partial charge in [0, 0.05) is 6.10 Å². The predicted molar refractivity (Wildman–Crippen MR) is 71.0 cm³/mol. The summed E-state index contributed by atoms with van der Waals surface area (Å²) in [4.78, 5) is 0. The first-order chi connectivity index (χ1) is 6.59. The molecular weight excluding hydrogens is 256 g/mol. The van der Waals surface area contributed by atoms with Gasteiger partial charge in [0.15, 0.2) is 0 Å². The van der Waals surface area contributed by atoms with Crippen molar-refractivity contribution in [3.63, 3.8) is 0 Å². The number of hydrogen-bond donors (Lipinski definition) is 1. The minimum Gasteiger partial charge on any atom is -0.412 e. The first-order valence-electron chi connectivity index (χ1n) is 5.64. The van der Waals surface area contributed by atoms with Gasteiger partial charge in [0.25, 0.3) is 0 Å². The van der Waals surface area contributed by atoms with E-state index in [-0.39, 0.29) is 17.1 Å². The molecule has 0 saturated carbocycles. The monoisotopic (exact) mass is 289 g/mol. The number of aliphatic hydroxyl groups is 1. The number of aliphatic hydroxyl groups excluding tert-OH is 1. The van der Waals surface area contributed by atoms with E-state index in [9.17, 15) is 0 Å². The van der Waals surface area contributed by atoms with E-state index in [1.165, 1.54) is 0 Å². The smallest absolute Gasteiger partial charge is 0.412 e. The van der Waals surface area contributed by atoms with Gasteiger partial charge in [-0.1, -0.05) is 0 Å². The summed E-state index contributed by atoms with van der Waals surface area (Å²) in [5.41, 5.74) is 0. The van der Waals surface area contributed by atoms with E-state index >= 15 is 0 Å². The summed E-state index contributed by atoms with van der Waals surface area (Å²) in [5, 5.41) is 8.06. The van der Waals surface area contributed by atoms with Crippen LogP contribution in [0.2, 0.25) is 4.22 Å². The van der Waals surface area contributed by atoms with Crippen molar-refractivity contribution in [3.05, 3.63) is 0 Å². The van der Waals surface area contributed by atoms with Crippen LogP contribution in [0.5, 0.6) is 0 Å². The summed E-state index contributed by atoms with van der Waals surface area (Å²) in [6, 6.07) is 0. The Bertz CT molecular complexity index is 89.2. The molecule has 0 fully saturated rings. The van der Waals surface area contributed by atoms with Crippen molar-refractivity contribution in [3.8, 4) is 0 Å². The van der Waals surface area contributed by atoms with Crippen LogP contribution in [-0.2, 0) is 25.2 Å². The Hall–Kier alpha value is 0.554. The second-order valence-corrected chi connectivity index (χ2v) is 6.29. The van der Waals surface area contributed by atoms with Gasteiger partial charge in [-0.15, -0.1) is 0 Å². The predicted octanol–water partition coefficient (Wildman–Crippen LogP) is 1.92. The molecule has 0 aliphatic rings. The van der Waals surface area contributed by atoms with Gasteiger partial charge in [-0.25, -0.2) is 0 Å². The van der Waals surface area contributed by atoms with Crippen molar-refractivity contribution in [2.24, 2.45) is 0 Å². The quantitative estimate of drug-likeness (QED) is 0.786. The third-order valence-corrected chi connectivity index (χ3v) is 0.544. The molecule has 0 bridgehead atoms. The van der Waals surface area contributed by atoms with E-state index in [1.54, 1.807) is 13.8 Å². The van der Waals surface area contributed by atoms with Gasteiger partial charge < -0.3 is 20.8 Å². The molecular formula is C12H33O4Ti. The molecule has 0 aromatic rings. The maximum Gasteiger partial charge on any atom is -0.412 e. The zero-order valence-corrected chi connectivity index (χ0v) is 14.2. The number of hydrogen-bond acceptors (Lipinski definition) is 2. The van der Waals surface area contributed by atoms with Crippen molar-refractivity contribution in [2.75, 3.05) is 0 Å². The average molecular weight is 289 g/mol. The van der Waals surface area contributed by atoms with Gasteiger partial charge in [-0.3, -0.25) is 0 Å². The largest absolute Gasteiger partial charge is 0.412 e. The third kappa shape index (κ3) is 169. The first kappa shape index (κ1) is 30.5. The molecule has 0 saturated heterocycles. The molecule has 5 N–H and O–H groups in total. The summed E-state index contributed by atoms with van der Waals surface area (Å²) in [5.74, 6) is 0. The summed E-state index contributed by atoms with van der Waals surface area (Å²) in [7, 11) is 0. The molecule has 0 aromatic carbocycles. The minimum absolute atomic E-state index is 0. The molecule has 5 heteroatoms. The Labute approximate surface area is 119 Å². The Morgan fingerprint density at radius 1 is 0.765 bits per heavy atom. The Balaban J connectivity index is -0.0000000425. The zero-order chi connectivity index (χ0) is 13.0. The molecule has 0 radical (unpaired) electrons. The van der Waals surface area contributed by atoms with Crippen LogP contribution in [0.15, 0.2) is 0 Å². The van der Waals surface area contributed by atoms with Crippen molar-refractivity contribution in [1.29, 1.82) is 0 Å². The number of ether oxygens (including phenoxy) is 1. The van der Waals surface area contributed by atoms with Crippen LogP contribution in [0.1, 0.15) is 55.4 Å². The Kier molecular flexibility index (Phi) is 39.1. The van der Waals surface area contributed by atoms with Crippen molar-refractivity contribution in [1.82, 2.24) is 0 Å². The third-order valence-electron chi connectivity index (χ3n) is 0.544. The van der Waals surface area contributed by atoms with E-state index in [0.717, 1.165) is 4.22 Å². The van der Waals surface area contributed by atoms with Gasteiger partial charge in [0.1, 0.15) is 0 Å². The fourth-order valence-electron chi connectivity index (χ4n) is 0.544. The molecule has 0 spiro atoms. The van der Waals surface area contributed by atoms with Gasteiger partial charge in [0.2, 0.25) is 0 Å². The number of rotatable bonds is 2. The Morgan fingerprint density at radius 3 is 0.882 bits per heavy atom. The molecule has 109 valence electrons. The van der Waals surface area contributed by atoms with E-state index < -0.39 is 0 Å². The van der Waals surface area contributed by atoms with Crippen LogP contribution >= 0.6 is 0 Å². The van der Waals surface area contributed by atoms with Crippen LogP contribution < -0.4 is 0 Å². The summed E-state index contributed by atoms with van der Waals surface area (Å²) in [6.07, 6.45) is 0.583. The normalized spacial score (nSPS) is 8.71. The van der Waals surface area contributed by atoms with E-state index in [1.807, 2.05) is 27.7 Å². The molecule has 0 aliphatic carbocycles. The SMILES string of the molecule is CC(C)O.CC(C)OC(C)C.C[CH](C)[Ti].O.O. The maximum atomic E-state index is 8.06. The first-order valence-corrected chi connectivity index (χ1v) is 6.54. The summed E-state index contributed by atoms with van der Waals surface area (Å²) >= 11 is 2.17. The van der Waals surface area contributed by atoms with Gasteiger partial charge in [0.05, 0.1) is 12.2 Å². The van der Waals surface area contributed by atoms with Crippen LogP contribution in [0.25, 0.3) is 0 Å². The van der Waals surface area contributed by atoms with Gasteiger partial charge in [-0.05, 0) is 41.5 Å². The van der Waals surface area contributed by atoms with E-state index in [2.05, 4.69) is 34.3 Å². The second kappa shape index (κ2) is 21.8. The fraction of sp³-hybridized carbons (Fsp3) is 1.00. The topological polar surface area (TPSA) is 92.5 Å². The molecule has 0 rings (SSSR count). The minimum atomic E-state index is -0.167. The second-order valence-electron chi connectivity index (χ2n) is 4.48. The van der Waals surface area contributed by atoms with Crippen LogP contribution in [0.3, 0.4) is 0 Å². The standard InChI is InChI=1S/C6H14O.C3H8O.C3H7.2H2O.Ti/c1-5(2)7-6(3)4;1-3(2)4;1-3-2;;;/h5-6H,1-4H3;3-4H,1-2H3;3H,1-2H3;2*1H2;. The van der Waals surface area contributed by atoms with E-state index in [4.69, 9.17) is 9.84 Å². The molecule has 0 amide bonds. The van der Waals surface area contributed by atoms with Crippen molar-refractivity contribution in [2.45, 2.75) is 77.9 Å². The summed E-state index contributed by atoms with van der Waals surface area (Å²) < 4.78 is 6.08. The zero-order valence-electron chi connectivity index (χ0n) is 12.7. The van der Waals surface area contributed by atoms with Crippen molar-refractivity contribution < 1.29 is 41.2 Å². The molecule has 0 unspecified atom stereocenters. The summed E-state index contributed by atoms with van der Waals surface area (Å²) in [6.45, 7) is 15.9. The van der Waals surface area contributed by atoms with E-state index in [0.29, 0.717) is 12.2 Å². The fourth-order valence-corrected chi connectivity index (χ4v) is 0.544. The Morgan fingerprint density at radius 2 is 0.882 bits per heavy atom. The molecule has 4 nitrogen and oxygen atoms in total. The van der Waals surface area contributed by atoms with Crippen LogP contribution in [0, 0.1) is 0 Å². The van der Waals surface area contributed by atoms with Crippen LogP contribution in [0.4, 0.5) is 0 Å². The van der Waals surface area contributed by atoms with Gasteiger partial charge in [-0.2, -0.15) is 0 Å². The molecule has 0 heterocycles. The van der Waals surface area contributed by atoms with Gasteiger partial charge >= 0.3 is 38.5 Å². The average Bonchev–Trinajstić information content (AvgIpc) is 1.78.